The van der Waals surface area contributed by atoms with E-state index in [1.54, 1.807) is 23.9 Å². The van der Waals surface area contributed by atoms with Crippen LogP contribution >= 0.6 is 11.8 Å². The van der Waals surface area contributed by atoms with Crippen molar-refractivity contribution in [2.45, 2.75) is 17.5 Å². The highest BCUT2D eigenvalue weighted by Crippen LogP contribution is 2.18. The molecule has 1 atom stereocenters. The number of rotatable bonds is 6. The average molecular weight is 334 g/mol. The van der Waals surface area contributed by atoms with Crippen molar-refractivity contribution >= 4 is 17.8 Å². The van der Waals surface area contributed by atoms with Crippen LogP contribution in [0.15, 0.2) is 53.4 Å². The van der Waals surface area contributed by atoms with Gasteiger partial charge in [-0.2, -0.15) is 0 Å². The number of benzene rings is 2. The summed E-state index contributed by atoms with van der Waals surface area (Å²) in [6.45, 7) is 0.415. The topological polar surface area (TPSA) is 61.4 Å². The normalized spacial score (nSPS) is 11.8. The summed E-state index contributed by atoms with van der Waals surface area (Å²) >= 11 is 1.63. The van der Waals surface area contributed by atoms with Gasteiger partial charge in [0.1, 0.15) is 5.82 Å². The van der Waals surface area contributed by atoms with Gasteiger partial charge in [-0.15, -0.1) is 11.8 Å². The van der Waals surface area contributed by atoms with Crippen LogP contribution in [0, 0.1) is 5.82 Å². The lowest BCUT2D eigenvalue weighted by molar-refractivity contribution is 0.173. The summed E-state index contributed by atoms with van der Waals surface area (Å²) < 4.78 is 12.8. The molecule has 0 aliphatic carbocycles. The smallest absolute Gasteiger partial charge is 0.315 e. The molecule has 2 aromatic rings. The maximum atomic E-state index is 12.8. The average Bonchev–Trinajstić information content (AvgIpc) is 2.59. The van der Waals surface area contributed by atoms with E-state index in [1.165, 1.54) is 12.1 Å². The quantitative estimate of drug-likeness (QED) is 0.712. The van der Waals surface area contributed by atoms with E-state index in [4.69, 9.17) is 0 Å². The Kier molecular flexibility index (Phi) is 6.43. The Bertz CT molecular complexity index is 632. The third-order valence-electron chi connectivity index (χ3n) is 3.32. The number of carbonyl (C=O) groups excluding carboxylic acids is 1. The summed E-state index contributed by atoms with van der Waals surface area (Å²) in [6, 6.07) is 13.1. The number of hydrogen-bond acceptors (Lipinski definition) is 3. The minimum absolute atomic E-state index is 0.119. The Morgan fingerprint density at radius 3 is 2.39 bits per heavy atom. The lowest BCUT2D eigenvalue weighted by Gasteiger charge is -2.13. The van der Waals surface area contributed by atoms with Crippen LogP contribution in [0.1, 0.15) is 17.2 Å². The highest BCUT2D eigenvalue weighted by atomic mass is 32.2. The molecule has 2 aromatic carbocycles. The van der Waals surface area contributed by atoms with E-state index in [0.717, 1.165) is 16.0 Å². The molecule has 2 rings (SSSR count). The fraction of sp³-hybridized carbons (Fsp3) is 0.235. The molecule has 0 bridgehead atoms. The van der Waals surface area contributed by atoms with Crippen molar-refractivity contribution in [3.63, 3.8) is 0 Å². The molecule has 0 saturated heterocycles. The van der Waals surface area contributed by atoms with E-state index < -0.39 is 6.10 Å². The Hall–Kier alpha value is -2.05. The van der Waals surface area contributed by atoms with Crippen molar-refractivity contribution < 1.29 is 14.3 Å². The zero-order chi connectivity index (χ0) is 16.7. The van der Waals surface area contributed by atoms with Crippen LogP contribution in [0.2, 0.25) is 0 Å². The number of hydrogen-bond donors (Lipinski definition) is 3. The highest BCUT2D eigenvalue weighted by Gasteiger charge is 2.09. The molecule has 0 unspecified atom stereocenters. The molecule has 122 valence electrons. The molecule has 0 heterocycles. The summed E-state index contributed by atoms with van der Waals surface area (Å²) in [4.78, 5) is 12.8. The van der Waals surface area contributed by atoms with Gasteiger partial charge in [-0.1, -0.05) is 24.3 Å². The van der Waals surface area contributed by atoms with Crippen LogP contribution in [0.3, 0.4) is 0 Å². The fourth-order valence-corrected chi connectivity index (χ4v) is 2.39. The molecule has 0 saturated carbocycles. The van der Waals surface area contributed by atoms with Crippen LogP contribution in [-0.2, 0) is 6.54 Å². The van der Waals surface area contributed by atoms with Gasteiger partial charge in [0.25, 0.3) is 0 Å². The number of amides is 2. The fourth-order valence-electron chi connectivity index (χ4n) is 1.98. The molecule has 2 amide bonds. The van der Waals surface area contributed by atoms with Crippen LogP contribution in [0.25, 0.3) is 0 Å². The number of aliphatic hydroxyl groups is 1. The Morgan fingerprint density at radius 1 is 1.13 bits per heavy atom. The molecule has 0 aliphatic rings. The van der Waals surface area contributed by atoms with Crippen LogP contribution in [-0.4, -0.2) is 23.9 Å². The first-order valence-electron chi connectivity index (χ1n) is 7.16. The Morgan fingerprint density at radius 2 is 1.78 bits per heavy atom. The number of nitrogens with one attached hydrogen (secondary N) is 2. The van der Waals surface area contributed by atoms with Crippen molar-refractivity contribution in [2.75, 3.05) is 12.8 Å². The van der Waals surface area contributed by atoms with Gasteiger partial charge in [0, 0.05) is 18.0 Å². The largest absolute Gasteiger partial charge is 0.387 e. The minimum atomic E-state index is -0.762. The number of halogens is 1. The van der Waals surface area contributed by atoms with E-state index in [1.807, 2.05) is 30.5 Å². The van der Waals surface area contributed by atoms with Crippen LogP contribution in [0.4, 0.5) is 9.18 Å². The van der Waals surface area contributed by atoms with E-state index in [0.29, 0.717) is 6.54 Å². The molecule has 3 N–H and O–H groups in total. The van der Waals surface area contributed by atoms with Gasteiger partial charge in [-0.25, -0.2) is 9.18 Å². The second-order valence-corrected chi connectivity index (χ2v) is 5.86. The monoisotopic (exact) mass is 334 g/mol. The van der Waals surface area contributed by atoms with Gasteiger partial charge < -0.3 is 15.7 Å². The molecule has 0 aromatic heterocycles. The van der Waals surface area contributed by atoms with Gasteiger partial charge in [-0.05, 0) is 41.6 Å². The lowest BCUT2D eigenvalue weighted by Crippen LogP contribution is -2.37. The summed E-state index contributed by atoms with van der Waals surface area (Å²) in [5.41, 5.74) is 1.55. The third kappa shape index (κ3) is 5.58. The zero-order valence-electron chi connectivity index (χ0n) is 12.8. The summed E-state index contributed by atoms with van der Waals surface area (Å²) in [5, 5.41) is 15.3. The Labute approximate surface area is 139 Å². The van der Waals surface area contributed by atoms with Gasteiger partial charge in [0.2, 0.25) is 0 Å². The molecule has 4 nitrogen and oxygen atoms in total. The second-order valence-electron chi connectivity index (χ2n) is 4.98. The molecular weight excluding hydrogens is 315 g/mol. The lowest BCUT2D eigenvalue weighted by atomic mass is 10.1. The van der Waals surface area contributed by atoms with Crippen molar-refractivity contribution in [3.05, 3.63) is 65.5 Å². The predicted molar refractivity (Wildman–Crippen MR) is 89.8 cm³/mol. The maximum Gasteiger partial charge on any atom is 0.315 e. The van der Waals surface area contributed by atoms with Crippen LogP contribution < -0.4 is 10.6 Å². The SMILES string of the molecule is CSc1ccc([C@H](O)CNC(=O)NCc2ccc(F)cc2)cc1. The number of thioether (sulfide) groups is 1. The van der Waals surface area contributed by atoms with E-state index in [2.05, 4.69) is 10.6 Å². The first-order valence-corrected chi connectivity index (χ1v) is 8.39. The predicted octanol–water partition coefficient (Wildman–Crippen LogP) is 3.08. The molecule has 0 fully saturated rings. The zero-order valence-corrected chi connectivity index (χ0v) is 13.6. The Balaban J connectivity index is 1.75. The number of carbonyl (C=O) groups is 1. The molecule has 23 heavy (non-hydrogen) atoms. The number of aliphatic hydroxyl groups excluding tert-OH is 1. The first-order chi connectivity index (χ1) is 11.1. The number of urea groups is 1. The van der Waals surface area contributed by atoms with Crippen molar-refractivity contribution in [1.29, 1.82) is 0 Å². The minimum Gasteiger partial charge on any atom is -0.387 e. The standard InChI is InChI=1S/C17H19FN2O2S/c1-23-15-8-4-13(5-9-15)16(21)11-20-17(22)19-10-12-2-6-14(18)7-3-12/h2-9,16,21H,10-11H2,1H3,(H2,19,20,22)/t16-/m1/s1. The summed E-state index contributed by atoms with van der Waals surface area (Å²) in [7, 11) is 0. The van der Waals surface area contributed by atoms with E-state index >= 15 is 0 Å². The highest BCUT2D eigenvalue weighted by molar-refractivity contribution is 7.98. The van der Waals surface area contributed by atoms with Gasteiger partial charge in [-0.3, -0.25) is 0 Å². The first kappa shape index (κ1) is 17.3. The van der Waals surface area contributed by atoms with Crippen LogP contribution in [0.5, 0.6) is 0 Å². The molecule has 0 aliphatic heterocycles. The van der Waals surface area contributed by atoms with Gasteiger partial charge in [0.15, 0.2) is 0 Å². The summed E-state index contributed by atoms with van der Waals surface area (Å²) in [5.74, 6) is -0.311. The van der Waals surface area contributed by atoms with Gasteiger partial charge in [0.05, 0.1) is 6.10 Å². The van der Waals surface area contributed by atoms with Crippen molar-refractivity contribution in [3.8, 4) is 0 Å². The van der Waals surface area contributed by atoms with Gasteiger partial charge >= 0.3 is 6.03 Å². The third-order valence-corrected chi connectivity index (χ3v) is 4.07. The van der Waals surface area contributed by atoms with E-state index in [-0.39, 0.29) is 18.4 Å². The molecule has 0 radical (unpaired) electrons. The maximum absolute atomic E-state index is 12.8. The summed E-state index contributed by atoms with van der Waals surface area (Å²) in [6.07, 6.45) is 1.22. The second kappa shape index (κ2) is 8.55. The van der Waals surface area contributed by atoms with E-state index in [9.17, 15) is 14.3 Å². The molecule has 0 spiro atoms. The molecular formula is C17H19FN2O2S. The van der Waals surface area contributed by atoms with Crippen molar-refractivity contribution in [2.24, 2.45) is 0 Å². The molecule has 6 heteroatoms. The van der Waals surface area contributed by atoms with Crippen molar-refractivity contribution in [1.82, 2.24) is 10.6 Å².